The highest BCUT2D eigenvalue weighted by Crippen LogP contribution is 2.28. The summed E-state index contributed by atoms with van der Waals surface area (Å²) in [5.41, 5.74) is 2.29. The number of hydrogen-bond donors (Lipinski definition) is 2. The Morgan fingerprint density at radius 1 is 1.50 bits per heavy atom. The number of aromatic hydroxyl groups is 1. The Morgan fingerprint density at radius 2 is 2.36 bits per heavy atom. The maximum absolute atomic E-state index is 9.40. The molecule has 1 aliphatic rings. The number of phenols is 1. The number of rotatable bonds is 2. The van der Waals surface area contributed by atoms with E-state index >= 15 is 0 Å². The number of phenolic OH excluding ortho intramolecular Hbond substituents is 1. The number of fused-ring (bicyclic) bond motifs is 1. The van der Waals surface area contributed by atoms with Crippen molar-refractivity contribution < 1.29 is 5.11 Å². The van der Waals surface area contributed by atoms with Crippen molar-refractivity contribution in [1.29, 1.82) is 0 Å². The van der Waals surface area contributed by atoms with Gasteiger partial charge in [0.2, 0.25) is 0 Å². The van der Waals surface area contributed by atoms with Gasteiger partial charge in [-0.25, -0.2) is 0 Å². The minimum atomic E-state index is 0.236. The van der Waals surface area contributed by atoms with E-state index in [2.05, 4.69) is 11.9 Å². The van der Waals surface area contributed by atoms with Crippen LogP contribution in [0.15, 0.2) is 37.1 Å². The minimum absolute atomic E-state index is 0.236. The van der Waals surface area contributed by atoms with Gasteiger partial charge in [-0.15, -0.1) is 6.58 Å². The van der Waals surface area contributed by atoms with Crippen molar-refractivity contribution in [2.24, 2.45) is 0 Å². The van der Waals surface area contributed by atoms with Crippen LogP contribution in [0, 0.1) is 0 Å². The Kier molecular flexibility index (Phi) is 2.27. The third-order valence-corrected chi connectivity index (χ3v) is 2.41. The highest BCUT2D eigenvalue weighted by Gasteiger charge is 2.15. The van der Waals surface area contributed by atoms with Gasteiger partial charge in [0, 0.05) is 0 Å². The van der Waals surface area contributed by atoms with Gasteiger partial charge in [0.25, 0.3) is 0 Å². The van der Waals surface area contributed by atoms with Crippen molar-refractivity contribution in [2.75, 3.05) is 0 Å². The maximum atomic E-state index is 9.40. The summed E-state index contributed by atoms with van der Waals surface area (Å²) in [4.78, 5) is 0. The molecule has 0 saturated carbocycles. The average Bonchev–Trinajstić information content (AvgIpc) is 2.19. The van der Waals surface area contributed by atoms with E-state index < -0.39 is 0 Å². The molecule has 1 atom stereocenters. The molecule has 0 bridgehead atoms. The predicted molar refractivity (Wildman–Crippen MR) is 57.8 cm³/mol. The number of hydrogen-bond acceptors (Lipinski definition) is 2. The second-order valence-corrected chi connectivity index (χ2v) is 3.39. The van der Waals surface area contributed by atoms with E-state index in [1.54, 1.807) is 12.1 Å². The molecule has 14 heavy (non-hydrogen) atoms. The molecular formula is C12H13NO. The van der Waals surface area contributed by atoms with E-state index in [0.29, 0.717) is 5.75 Å². The summed E-state index contributed by atoms with van der Waals surface area (Å²) in [5.74, 6) is 0.315. The Balaban J connectivity index is 2.42. The quantitative estimate of drug-likeness (QED) is 0.697. The van der Waals surface area contributed by atoms with Crippen molar-refractivity contribution >= 4 is 6.08 Å². The standard InChI is InChI=1S/C12H13NO/c1-2-3-12-11-8-10(14)5-4-9(11)6-7-13-12/h2,4-8,12-14H,1,3H2. The van der Waals surface area contributed by atoms with Gasteiger partial charge in [-0.2, -0.15) is 0 Å². The molecule has 0 radical (unpaired) electrons. The fourth-order valence-corrected chi connectivity index (χ4v) is 1.72. The summed E-state index contributed by atoms with van der Waals surface area (Å²) in [6, 6.07) is 5.68. The summed E-state index contributed by atoms with van der Waals surface area (Å²) < 4.78 is 0. The zero-order valence-electron chi connectivity index (χ0n) is 7.90. The number of benzene rings is 1. The average molecular weight is 187 g/mol. The lowest BCUT2D eigenvalue weighted by Gasteiger charge is -2.22. The highest BCUT2D eigenvalue weighted by molar-refractivity contribution is 5.58. The van der Waals surface area contributed by atoms with Crippen molar-refractivity contribution in [3.8, 4) is 5.75 Å². The summed E-state index contributed by atoms with van der Waals surface area (Å²) in [6.45, 7) is 3.72. The van der Waals surface area contributed by atoms with Crippen LogP contribution in [0.25, 0.3) is 6.08 Å². The summed E-state index contributed by atoms with van der Waals surface area (Å²) in [6.07, 6.45) is 6.69. The Morgan fingerprint density at radius 3 is 3.14 bits per heavy atom. The molecule has 2 heteroatoms. The van der Waals surface area contributed by atoms with Crippen LogP contribution in [-0.2, 0) is 0 Å². The fraction of sp³-hybridized carbons (Fsp3) is 0.167. The zero-order valence-corrected chi connectivity index (χ0v) is 7.90. The zero-order chi connectivity index (χ0) is 9.97. The van der Waals surface area contributed by atoms with Gasteiger partial charge in [-0.05, 0) is 42.0 Å². The second-order valence-electron chi connectivity index (χ2n) is 3.39. The van der Waals surface area contributed by atoms with Gasteiger partial charge >= 0.3 is 0 Å². The molecule has 1 aromatic carbocycles. The maximum Gasteiger partial charge on any atom is 0.115 e. The molecule has 1 heterocycles. The van der Waals surface area contributed by atoms with Crippen LogP contribution in [-0.4, -0.2) is 5.11 Å². The summed E-state index contributed by atoms with van der Waals surface area (Å²) in [7, 11) is 0. The molecule has 0 aliphatic carbocycles. The second kappa shape index (κ2) is 3.58. The lowest BCUT2D eigenvalue weighted by molar-refractivity contribution is 0.472. The molecule has 1 aromatic rings. The van der Waals surface area contributed by atoms with Crippen LogP contribution in [0.2, 0.25) is 0 Å². The van der Waals surface area contributed by atoms with E-state index in [4.69, 9.17) is 0 Å². The number of nitrogens with one attached hydrogen (secondary N) is 1. The first kappa shape index (κ1) is 8.88. The van der Waals surface area contributed by atoms with E-state index in [1.165, 1.54) is 0 Å². The van der Waals surface area contributed by atoms with Crippen LogP contribution in [0.5, 0.6) is 5.75 Å². The van der Waals surface area contributed by atoms with E-state index in [0.717, 1.165) is 17.5 Å². The van der Waals surface area contributed by atoms with Crippen molar-refractivity contribution in [3.63, 3.8) is 0 Å². The molecule has 72 valence electrons. The van der Waals surface area contributed by atoms with E-state index in [9.17, 15) is 5.11 Å². The predicted octanol–water partition coefficient (Wildman–Crippen LogP) is 2.58. The lowest BCUT2D eigenvalue weighted by Crippen LogP contribution is -2.18. The molecule has 0 aromatic heterocycles. The third kappa shape index (κ3) is 1.51. The van der Waals surface area contributed by atoms with Gasteiger partial charge in [0.1, 0.15) is 5.75 Å². The normalized spacial score (nSPS) is 18.4. The Hall–Kier alpha value is -1.70. The van der Waals surface area contributed by atoms with Gasteiger partial charge in [-0.3, -0.25) is 0 Å². The molecule has 0 fully saturated rings. The van der Waals surface area contributed by atoms with Gasteiger partial charge in [0.05, 0.1) is 6.04 Å². The largest absolute Gasteiger partial charge is 0.508 e. The Labute approximate surface area is 83.6 Å². The van der Waals surface area contributed by atoms with Crippen LogP contribution in [0.1, 0.15) is 23.6 Å². The molecule has 2 N–H and O–H groups in total. The molecule has 0 amide bonds. The summed E-state index contributed by atoms with van der Waals surface area (Å²) >= 11 is 0. The molecular weight excluding hydrogens is 174 g/mol. The van der Waals surface area contributed by atoms with Crippen LogP contribution in [0.4, 0.5) is 0 Å². The smallest absolute Gasteiger partial charge is 0.115 e. The van der Waals surface area contributed by atoms with Crippen molar-refractivity contribution in [3.05, 3.63) is 48.2 Å². The van der Waals surface area contributed by atoms with Crippen LogP contribution < -0.4 is 5.32 Å². The third-order valence-electron chi connectivity index (χ3n) is 2.41. The van der Waals surface area contributed by atoms with Crippen molar-refractivity contribution in [2.45, 2.75) is 12.5 Å². The summed E-state index contributed by atoms with van der Waals surface area (Å²) in [5, 5.41) is 12.6. The molecule has 1 aliphatic heterocycles. The molecule has 2 nitrogen and oxygen atoms in total. The molecule has 1 unspecified atom stereocenters. The molecule has 2 rings (SSSR count). The van der Waals surface area contributed by atoms with Gasteiger partial charge in [-0.1, -0.05) is 12.1 Å². The highest BCUT2D eigenvalue weighted by atomic mass is 16.3. The molecule has 0 saturated heterocycles. The SMILES string of the molecule is C=CCC1NC=Cc2ccc(O)cc21. The first-order valence-electron chi connectivity index (χ1n) is 4.67. The fourth-order valence-electron chi connectivity index (χ4n) is 1.72. The lowest BCUT2D eigenvalue weighted by atomic mass is 9.95. The minimum Gasteiger partial charge on any atom is -0.508 e. The molecule has 0 spiro atoms. The first-order valence-corrected chi connectivity index (χ1v) is 4.67. The monoisotopic (exact) mass is 187 g/mol. The van der Waals surface area contributed by atoms with Crippen LogP contribution >= 0.6 is 0 Å². The van der Waals surface area contributed by atoms with Crippen LogP contribution in [0.3, 0.4) is 0 Å². The van der Waals surface area contributed by atoms with Crippen molar-refractivity contribution in [1.82, 2.24) is 5.32 Å². The topological polar surface area (TPSA) is 32.3 Å². The van der Waals surface area contributed by atoms with E-state index in [-0.39, 0.29) is 6.04 Å². The van der Waals surface area contributed by atoms with Gasteiger partial charge in [0.15, 0.2) is 0 Å². The first-order chi connectivity index (χ1) is 6.81. The Bertz CT molecular complexity index is 382. The van der Waals surface area contributed by atoms with Gasteiger partial charge < -0.3 is 10.4 Å². The van der Waals surface area contributed by atoms with E-state index in [1.807, 2.05) is 24.4 Å².